The highest BCUT2D eigenvalue weighted by Gasteiger charge is 2.54. The van der Waals surface area contributed by atoms with Crippen LogP contribution in [0.5, 0.6) is 0 Å². The zero-order valence-electron chi connectivity index (χ0n) is 13.8. The van der Waals surface area contributed by atoms with E-state index in [1.165, 1.54) is 12.0 Å². The highest BCUT2D eigenvalue weighted by Crippen LogP contribution is 2.45. The molecule has 1 saturated carbocycles. The lowest BCUT2D eigenvalue weighted by atomic mass is 9.64. The number of carbonyl (C=O) groups is 1. The molecular weight excluding hydrogens is 304 g/mol. The lowest BCUT2D eigenvalue weighted by Gasteiger charge is -2.48. The third-order valence-corrected chi connectivity index (χ3v) is 5.32. The summed E-state index contributed by atoms with van der Waals surface area (Å²) in [4.78, 5) is 16.7. The molecular formula is C19H22N2O3. The number of ether oxygens (including phenoxy) is 1. The Balaban J connectivity index is 1.49. The molecule has 126 valence electrons. The summed E-state index contributed by atoms with van der Waals surface area (Å²) in [6, 6.07) is 10.5. The van der Waals surface area contributed by atoms with Crippen LogP contribution in [0.1, 0.15) is 35.2 Å². The van der Waals surface area contributed by atoms with Gasteiger partial charge in [-0.25, -0.2) is 4.98 Å². The van der Waals surface area contributed by atoms with E-state index in [0.717, 1.165) is 19.4 Å². The van der Waals surface area contributed by atoms with Crippen LogP contribution in [-0.4, -0.2) is 29.6 Å². The average molecular weight is 326 g/mol. The molecule has 4 rings (SSSR count). The van der Waals surface area contributed by atoms with Crippen LogP contribution in [0.25, 0.3) is 0 Å². The van der Waals surface area contributed by atoms with E-state index in [1.807, 2.05) is 13.0 Å². The van der Waals surface area contributed by atoms with Gasteiger partial charge in [-0.2, -0.15) is 0 Å². The van der Waals surface area contributed by atoms with Crippen LogP contribution < -0.4 is 5.32 Å². The van der Waals surface area contributed by atoms with Gasteiger partial charge in [0, 0.05) is 30.9 Å². The fourth-order valence-corrected chi connectivity index (χ4v) is 4.10. The second-order valence-corrected chi connectivity index (χ2v) is 6.62. The van der Waals surface area contributed by atoms with Crippen molar-refractivity contribution in [3.8, 4) is 0 Å². The molecule has 1 aromatic carbocycles. The lowest BCUT2D eigenvalue weighted by molar-refractivity contribution is -0.0528. The van der Waals surface area contributed by atoms with Crippen molar-refractivity contribution in [3.05, 3.63) is 53.7 Å². The molecule has 1 N–H and O–H groups in total. The van der Waals surface area contributed by atoms with Gasteiger partial charge in [0.25, 0.3) is 5.91 Å². The van der Waals surface area contributed by atoms with Crippen molar-refractivity contribution in [3.63, 3.8) is 0 Å². The van der Waals surface area contributed by atoms with E-state index >= 15 is 0 Å². The molecule has 5 heteroatoms. The second-order valence-electron chi connectivity index (χ2n) is 6.62. The van der Waals surface area contributed by atoms with Gasteiger partial charge in [-0.05, 0) is 18.4 Å². The summed E-state index contributed by atoms with van der Waals surface area (Å²) in [5.41, 5.74) is 1.70. The van der Waals surface area contributed by atoms with E-state index in [2.05, 4.69) is 34.6 Å². The number of nitrogens with one attached hydrogen (secondary N) is 1. The standard InChI is InChI=1S/C19H22N2O3/c1-2-15-17(20-11-24-15)19(22)21-16-13-8-9-23-18(13)14(16)10-12-6-4-3-5-7-12/h3-7,11,13-14,16,18H,2,8-10H2,1H3,(H,21,22). The molecule has 24 heavy (non-hydrogen) atoms. The maximum atomic E-state index is 12.6. The maximum Gasteiger partial charge on any atom is 0.273 e. The number of aryl methyl sites for hydroxylation is 1. The Hall–Kier alpha value is -2.14. The van der Waals surface area contributed by atoms with E-state index in [1.54, 1.807) is 0 Å². The molecule has 2 heterocycles. The lowest BCUT2D eigenvalue weighted by Crippen LogP contribution is -2.62. The van der Waals surface area contributed by atoms with Crippen LogP contribution in [0.2, 0.25) is 0 Å². The molecule has 2 aliphatic rings. The number of rotatable bonds is 5. The summed E-state index contributed by atoms with van der Waals surface area (Å²) in [5.74, 6) is 1.25. The van der Waals surface area contributed by atoms with E-state index in [9.17, 15) is 4.79 Å². The summed E-state index contributed by atoms with van der Waals surface area (Å²) >= 11 is 0. The van der Waals surface area contributed by atoms with Crippen molar-refractivity contribution >= 4 is 5.91 Å². The van der Waals surface area contributed by atoms with Gasteiger partial charge >= 0.3 is 0 Å². The van der Waals surface area contributed by atoms with Crippen LogP contribution >= 0.6 is 0 Å². The van der Waals surface area contributed by atoms with E-state index in [0.29, 0.717) is 29.7 Å². The van der Waals surface area contributed by atoms with Crippen molar-refractivity contribution < 1.29 is 13.9 Å². The summed E-state index contributed by atoms with van der Waals surface area (Å²) in [7, 11) is 0. The number of carbonyl (C=O) groups excluding carboxylic acids is 1. The van der Waals surface area contributed by atoms with Gasteiger partial charge in [0.05, 0.1) is 6.10 Å². The van der Waals surface area contributed by atoms with Crippen LogP contribution in [-0.2, 0) is 17.6 Å². The molecule has 0 bridgehead atoms. The predicted molar refractivity (Wildman–Crippen MR) is 88.6 cm³/mol. The summed E-state index contributed by atoms with van der Waals surface area (Å²) in [6.07, 6.45) is 4.21. The number of benzene rings is 1. The maximum absolute atomic E-state index is 12.6. The first-order valence-corrected chi connectivity index (χ1v) is 8.66. The van der Waals surface area contributed by atoms with E-state index < -0.39 is 0 Å². The number of hydrogen-bond donors (Lipinski definition) is 1. The summed E-state index contributed by atoms with van der Waals surface area (Å²) in [5, 5.41) is 3.19. The quantitative estimate of drug-likeness (QED) is 0.917. The number of amides is 1. The Morgan fingerprint density at radius 2 is 2.17 bits per heavy atom. The van der Waals surface area contributed by atoms with Crippen molar-refractivity contribution in [2.75, 3.05) is 6.61 Å². The van der Waals surface area contributed by atoms with Crippen LogP contribution in [0.3, 0.4) is 0 Å². The molecule has 1 aliphatic heterocycles. The Morgan fingerprint density at radius 3 is 2.96 bits per heavy atom. The van der Waals surface area contributed by atoms with Gasteiger partial charge in [-0.3, -0.25) is 4.79 Å². The van der Waals surface area contributed by atoms with Gasteiger partial charge in [0.1, 0.15) is 5.76 Å². The molecule has 4 atom stereocenters. The first kappa shape index (κ1) is 15.4. The highest BCUT2D eigenvalue weighted by molar-refractivity contribution is 5.93. The number of hydrogen-bond acceptors (Lipinski definition) is 4. The number of aromatic nitrogens is 1. The largest absolute Gasteiger partial charge is 0.448 e. The van der Waals surface area contributed by atoms with Gasteiger partial charge < -0.3 is 14.5 Å². The molecule has 2 aromatic rings. The smallest absolute Gasteiger partial charge is 0.273 e. The first-order valence-electron chi connectivity index (χ1n) is 8.66. The van der Waals surface area contributed by atoms with Crippen LogP contribution in [0.15, 0.2) is 41.1 Å². The minimum absolute atomic E-state index is 0.131. The highest BCUT2D eigenvalue weighted by atomic mass is 16.5. The molecule has 1 saturated heterocycles. The van der Waals surface area contributed by atoms with Crippen molar-refractivity contribution in [2.24, 2.45) is 11.8 Å². The molecule has 1 aliphatic carbocycles. The first-order chi connectivity index (χ1) is 11.8. The van der Waals surface area contributed by atoms with Gasteiger partial charge in [0.15, 0.2) is 12.1 Å². The number of fused-ring (bicyclic) bond motifs is 1. The monoisotopic (exact) mass is 326 g/mol. The van der Waals surface area contributed by atoms with Crippen molar-refractivity contribution in [1.29, 1.82) is 0 Å². The third-order valence-electron chi connectivity index (χ3n) is 5.32. The van der Waals surface area contributed by atoms with Gasteiger partial charge in [-0.1, -0.05) is 37.3 Å². The van der Waals surface area contributed by atoms with E-state index in [4.69, 9.17) is 9.15 Å². The minimum atomic E-state index is -0.131. The Bertz CT molecular complexity index is 712. The minimum Gasteiger partial charge on any atom is -0.448 e. The topological polar surface area (TPSA) is 64.4 Å². The zero-order chi connectivity index (χ0) is 16.5. The van der Waals surface area contributed by atoms with Crippen molar-refractivity contribution in [2.45, 2.75) is 38.3 Å². The molecule has 4 unspecified atom stereocenters. The van der Waals surface area contributed by atoms with Gasteiger partial charge in [-0.15, -0.1) is 0 Å². The fraction of sp³-hybridized carbons (Fsp3) is 0.474. The average Bonchev–Trinajstić information content (AvgIpc) is 3.25. The molecule has 1 amide bonds. The van der Waals surface area contributed by atoms with Gasteiger partial charge in [0.2, 0.25) is 0 Å². The number of nitrogens with zero attached hydrogens (tertiary/aromatic N) is 1. The summed E-state index contributed by atoms with van der Waals surface area (Å²) in [6.45, 7) is 2.75. The molecule has 5 nitrogen and oxygen atoms in total. The van der Waals surface area contributed by atoms with Crippen LogP contribution in [0.4, 0.5) is 0 Å². The molecule has 0 radical (unpaired) electrons. The normalized spacial score (nSPS) is 28.2. The molecule has 1 aromatic heterocycles. The van der Waals surface area contributed by atoms with Crippen molar-refractivity contribution in [1.82, 2.24) is 10.3 Å². The molecule has 0 spiro atoms. The molecule has 2 fully saturated rings. The van der Waals surface area contributed by atoms with E-state index in [-0.39, 0.29) is 18.1 Å². The Morgan fingerprint density at radius 1 is 1.33 bits per heavy atom. The predicted octanol–water partition coefficient (Wildman–Crippen LogP) is 2.61. The summed E-state index contributed by atoms with van der Waals surface area (Å²) < 4.78 is 11.2. The van der Waals surface area contributed by atoms with Crippen LogP contribution in [0, 0.1) is 11.8 Å². The SMILES string of the molecule is CCc1ocnc1C(=O)NC1C2CCOC2C1Cc1ccccc1. The fourth-order valence-electron chi connectivity index (χ4n) is 4.10. The number of oxazole rings is 1. The second kappa shape index (κ2) is 6.40. The third kappa shape index (κ3) is 2.63. The Labute approximate surface area is 141 Å². The zero-order valence-corrected chi connectivity index (χ0v) is 13.8. The Kier molecular flexibility index (Phi) is 4.10.